The maximum atomic E-state index is 12.9. The Labute approximate surface area is 213 Å². The highest BCUT2D eigenvalue weighted by atomic mass is 32.1. The first-order valence-corrected chi connectivity index (χ1v) is 13.5. The maximum Gasteiger partial charge on any atom is 0.273 e. The second-order valence-electron chi connectivity index (χ2n) is 9.76. The summed E-state index contributed by atoms with van der Waals surface area (Å²) < 4.78 is 35.5. The van der Waals surface area contributed by atoms with E-state index in [1.54, 1.807) is 13.0 Å². The van der Waals surface area contributed by atoms with E-state index in [9.17, 15) is 13.6 Å². The summed E-state index contributed by atoms with van der Waals surface area (Å²) in [5, 5.41) is 3.57. The molecule has 0 spiro atoms. The van der Waals surface area contributed by atoms with Crippen LogP contribution in [0.2, 0.25) is 0 Å². The molecule has 2 aromatic heterocycles. The largest absolute Gasteiger partial charge is 0.464 e. The van der Waals surface area contributed by atoms with Crippen molar-refractivity contribution in [2.45, 2.75) is 64.3 Å². The Kier molecular flexibility index (Phi) is 7.81. The topological polar surface area (TPSA) is 80.5 Å². The molecule has 5 rings (SSSR count). The number of ether oxygens (including phenoxy) is 1. The smallest absolute Gasteiger partial charge is 0.273 e. The highest BCUT2D eigenvalue weighted by Gasteiger charge is 2.25. The van der Waals surface area contributed by atoms with Crippen molar-refractivity contribution < 1.29 is 22.7 Å². The number of alkyl halides is 2. The predicted octanol–water partition coefficient (Wildman–Crippen LogP) is 5.02. The van der Waals surface area contributed by atoms with Gasteiger partial charge in [-0.1, -0.05) is 17.4 Å². The minimum Gasteiger partial charge on any atom is -0.464 e. The van der Waals surface area contributed by atoms with Crippen molar-refractivity contribution in [3.63, 3.8) is 0 Å². The van der Waals surface area contributed by atoms with Crippen LogP contribution in [0.15, 0.2) is 22.6 Å². The number of aromatic nitrogens is 2. The molecule has 10 heteroatoms. The van der Waals surface area contributed by atoms with E-state index in [1.165, 1.54) is 11.3 Å². The van der Waals surface area contributed by atoms with Crippen LogP contribution in [0, 0.1) is 12.8 Å². The minimum absolute atomic E-state index is 0.0893. The van der Waals surface area contributed by atoms with Gasteiger partial charge in [0.05, 0.1) is 11.3 Å². The third-order valence-electron chi connectivity index (χ3n) is 7.21. The normalized spacial score (nSPS) is 20.9. The number of nitrogens with one attached hydrogen (secondary N) is 1. The van der Waals surface area contributed by atoms with Crippen LogP contribution in [0.3, 0.4) is 0 Å². The Bertz CT molecular complexity index is 1160. The molecule has 3 heterocycles. The monoisotopic (exact) mass is 518 g/mol. The van der Waals surface area contributed by atoms with Crippen LogP contribution in [0.1, 0.15) is 58.9 Å². The molecule has 1 aromatic carbocycles. The molecule has 1 saturated carbocycles. The predicted molar refractivity (Wildman–Crippen MR) is 134 cm³/mol. The van der Waals surface area contributed by atoms with Gasteiger partial charge in [-0.25, -0.2) is 18.7 Å². The van der Waals surface area contributed by atoms with Gasteiger partial charge in [-0.05, 0) is 63.1 Å². The van der Waals surface area contributed by atoms with Crippen molar-refractivity contribution in [3.05, 3.63) is 40.2 Å². The van der Waals surface area contributed by atoms with Crippen LogP contribution in [0.5, 0.6) is 5.19 Å². The van der Waals surface area contributed by atoms with Crippen molar-refractivity contribution in [1.29, 1.82) is 0 Å². The van der Waals surface area contributed by atoms with Gasteiger partial charge in [-0.15, -0.1) is 0 Å². The Balaban J connectivity index is 1.04. The molecule has 0 radical (unpaired) electrons. The lowest BCUT2D eigenvalue weighted by Gasteiger charge is -2.30. The molecule has 194 valence electrons. The number of oxazole rings is 1. The van der Waals surface area contributed by atoms with E-state index >= 15 is 0 Å². The zero-order chi connectivity index (χ0) is 25.1. The van der Waals surface area contributed by atoms with Crippen LogP contribution in [-0.4, -0.2) is 59.5 Å². The van der Waals surface area contributed by atoms with Gasteiger partial charge in [0.25, 0.3) is 17.5 Å². The number of hydrogen-bond acceptors (Lipinski definition) is 7. The molecule has 1 aliphatic heterocycles. The van der Waals surface area contributed by atoms with Gasteiger partial charge in [-0.3, -0.25) is 4.79 Å². The number of nitrogens with zero attached hydrogens (tertiary/aromatic N) is 3. The summed E-state index contributed by atoms with van der Waals surface area (Å²) in [6.45, 7) is 4.14. The second kappa shape index (κ2) is 11.2. The van der Waals surface area contributed by atoms with Gasteiger partial charge >= 0.3 is 0 Å². The molecule has 1 N–H and O–H groups in total. The van der Waals surface area contributed by atoms with Gasteiger partial charge in [-0.2, -0.15) is 0 Å². The molecular weight excluding hydrogens is 486 g/mol. The fourth-order valence-corrected chi connectivity index (χ4v) is 6.22. The lowest BCUT2D eigenvalue weighted by Crippen LogP contribution is -2.38. The van der Waals surface area contributed by atoms with Crippen molar-refractivity contribution in [2.75, 3.05) is 26.2 Å². The summed E-state index contributed by atoms with van der Waals surface area (Å²) >= 11 is 1.41. The van der Waals surface area contributed by atoms with Crippen molar-refractivity contribution in [1.82, 2.24) is 20.2 Å². The van der Waals surface area contributed by atoms with Gasteiger partial charge in [0.15, 0.2) is 18.1 Å². The highest BCUT2D eigenvalue weighted by molar-refractivity contribution is 7.13. The molecule has 0 bridgehead atoms. The van der Waals surface area contributed by atoms with Gasteiger partial charge in [0.2, 0.25) is 0 Å². The Morgan fingerprint density at radius 3 is 2.83 bits per heavy atom. The van der Waals surface area contributed by atoms with E-state index in [1.807, 2.05) is 12.1 Å². The summed E-state index contributed by atoms with van der Waals surface area (Å²) in [7, 11) is 0. The summed E-state index contributed by atoms with van der Waals surface area (Å²) in [5.41, 5.74) is 2.81. The maximum absolute atomic E-state index is 12.9. The number of hydrogen-bond donors (Lipinski definition) is 1. The number of aryl methyl sites for hydroxylation is 1. The highest BCUT2D eigenvalue weighted by Crippen LogP contribution is 2.30. The number of amides is 1. The lowest BCUT2D eigenvalue weighted by molar-refractivity contribution is 0.0816. The van der Waals surface area contributed by atoms with E-state index < -0.39 is 13.0 Å². The number of para-hydroxylation sites is 1. The lowest BCUT2D eigenvalue weighted by atomic mass is 9.84. The summed E-state index contributed by atoms with van der Waals surface area (Å²) in [5.74, 6) is 1.14. The fourth-order valence-electron chi connectivity index (χ4n) is 5.27. The second-order valence-corrected chi connectivity index (χ2v) is 10.8. The number of carbonyl (C=O) groups excluding carboxylic acids is 1. The zero-order valence-corrected chi connectivity index (χ0v) is 21.3. The molecule has 0 atom stereocenters. The SMILES string of the molecule is Cc1nc2cccc(C(=O)N[C@H]3CC[C@H](CCN4CCc5nc(OCC(F)F)sc5CC4)CC3)c2o1. The van der Waals surface area contributed by atoms with E-state index in [2.05, 4.69) is 20.2 Å². The van der Waals surface area contributed by atoms with Gasteiger partial charge < -0.3 is 19.4 Å². The van der Waals surface area contributed by atoms with Gasteiger partial charge in [0, 0.05) is 37.4 Å². The average Bonchev–Trinajstić information content (AvgIpc) is 3.39. The number of rotatable bonds is 8. The third kappa shape index (κ3) is 6.03. The quantitative estimate of drug-likeness (QED) is 0.451. The van der Waals surface area contributed by atoms with Crippen molar-refractivity contribution in [2.24, 2.45) is 5.92 Å². The first kappa shape index (κ1) is 25.1. The van der Waals surface area contributed by atoms with Crippen LogP contribution < -0.4 is 10.1 Å². The van der Waals surface area contributed by atoms with Crippen molar-refractivity contribution >= 4 is 28.3 Å². The third-order valence-corrected chi connectivity index (χ3v) is 8.28. The summed E-state index contributed by atoms with van der Waals surface area (Å²) in [4.78, 5) is 25.3. The zero-order valence-electron chi connectivity index (χ0n) is 20.5. The van der Waals surface area contributed by atoms with Crippen LogP contribution >= 0.6 is 11.3 Å². The number of thiazole rings is 1. The van der Waals surface area contributed by atoms with Crippen LogP contribution in [0.25, 0.3) is 11.1 Å². The molecule has 0 saturated heterocycles. The Hall–Kier alpha value is -2.59. The van der Waals surface area contributed by atoms with Crippen molar-refractivity contribution in [3.8, 4) is 5.19 Å². The average molecular weight is 519 g/mol. The molecule has 1 aliphatic carbocycles. The first-order chi connectivity index (χ1) is 17.4. The van der Waals surface area contributed by atoms with E-state index in [-0.39, 0.29) is 11.9 Å². The fraction of sp³-hybridized carbons (Fsp3) is 0.577. The number of carbonyl (C=O) groups is 1. The molecule has 0 unspecified atom stereocenters. The summed E-state index contributed by atoms with van der Waals surface area (Å²) in [6.07, 6.45) is 4.61. The summed E-state index contributed by atoms with van der Waals surface area (Å²) in [6, 6.07) is 5.68. The molecular formula is C26H32F2N4O3S. The molecule has 3 aromatic rings. The number of benzene rings is 1. The molecule has 1 fully saturated rings. The van der Waals surface area contributed by atoms with E-state index in [0.29, 0.717) is 33.7 Å². The first-order valence-electron chi connectivity index (χ1n) is 12.7. The Morgan fingerprint density at radius 1 is 1.22 bits per heavy atom. The van der Waals surface area contributed by atoms with Crippen LogP contribution in [-0.2, 0) is 12.8 Å². The molecule has 7 nitrogen and oxygen atoms in total. The molecule has 1 amide bonds. The van der Waals surface area contributed by atoms with E-state index in [0.717, 1.165) is 75.2 Å². The van der Waals surface area contributed by atoms with Crippen LogP contribution in [0.4, 0.5) is 8.78 Å². The van der Waals surface area contributed by atoms with E-state index in [4.69, 9.17) is 9.15 Å². The standard InChI is InChI=1S/C26H32F2N4O3S/c1-16-29-21-4-2-3-19(24(21)35-16)25(33)30-18-7-5-17(6-8-18)9-12-32-13-10-20-22(11-14-32)36-26(31-20)34-15-23(27)28/h2-4,17-18,23H,5-15H2,1H3,(H,30,33)/t17-,18-. The minimum atomic E-state index is -2.48. The Morgan fingerprint density at radius 2 is 2.03 bits per heavy atom. The number of fused-ring (bicyclic) bond motifs is 2. The molecule has 2 aliphatic rings. The molecule has 36 heavy (non-hydrogen) atoms. The van der Waals surface area contributed by atoms with Gasteiger partial charge in [0.1, 0.15) is 5.52 Å². The number of halogens is 2.